The summed E-state index contributed by atoms with van der Waals surface area (Å²) in [7, 11) is 0. The van der Waals surface area contributed by atoms with E-state index in [0.29, 0.717) is 0 Å². The van der Waals surface area contributed by atoms with Crippen LogP contribution in [0.5, 0.6) is 0 Å². The van der Waals surface area contributed by atoms with E-state index in [1.165, 1.54) is 0 Å². The van der Waals surface area contributed by atoms with Crippen molar-refractivity contribution in [1.82, 2.24) is 0 Å². The van der Waals surface area contributed by atoms with Crippen LogP contribution in [0.15, 0.2) is 24.3 Å². The van der Waals surface area contributed by atoms with Crippen LogP contribution < -0.4 is 0 Å². The highest BCUT2D eigenvalue weighted by molar-refractivity contribution is 5.87. The minimum absolute atomic E-state index is 0.0426. The van der Waals surface area contributed by atoms with Crippen LogP contribution in [0.2, 0.25) is 0 Å². The molecule has 0 radical (unpaired) electrons. The van der Waals surface area contributed by atoms with Crippen LogP contribution in [0.1, 0.15) is 6.92 Å². The lowest BCUT2D eigenvalue weighted by Gasteiger charge is -2.23. The smallest absolute Gasteiger partial charge is 0.349 e. The average Bonchev–Trinajstić information content (AvgIpc) is 2.58. The van der Waals surface area contributed by atoms with Crippen LogP contribution in [-0.4, -0.2) is 60.4 Å². The van der Waals surface area contributed by atoms with Crippen LogP contribution in [0.25, 0.3) is 0 Å². The predicted octanol–water partition coefficient (Wildman–Crippen LogP) is 4.51. The molecule has 29 heavy (non-hydrogen) atoms. The highest BCUT2D eigenvalue weighted by atomic mass is 19.3. The van der Waals surface area contributed by atoms with Gasteiger partial charge >= 0.3 is 36.6 Å². The van der Waals surface area contributed by atoms with Gasteiger partial charge < -0.3 is 9.84 Å². The van der Waals surface area contributed by atoms with Crippen molar-refractivity contribution in [3.05, 3.63) is 24.3 Å². The van der Waals surface area contributed by atoms with Gasteiger partial charge in [-0.3, -0.25) is 0 Å². The van der Waals surface area contributed by atoms with Crippen molar-refractivity contribution in [3.63, 3.8) is 0 Å². The van der Waals surface area contributed by atoms with Crippen molar-refractivity contribution < 1.29 is 67.7 Å². The summed E-state index contributed by atoms with van der Waals surface area (Å²) in [6.45, 7) is 3.96. The van der Waals surface area contributed by atoms with Gasteiger partial charge in [0.2, 0.25) is 6.17 Å². The number of halogens is 11. The zero-order valence-electron chi connectivity index (χ0n) is 14.1. The standard InChI is InChI=1S/C8H8F6O2.C6H5F5O2/c1-3(2)6(15)16-7(12)8(13,14)4(9)5(10)11;7-3(1-2-4(12)13)6(10,11)5(8)9/h4-5,7H,1H2,2H3;1-3,5H,(H,12,13). The Morgan fingerprint density at radius 3 is 1.72 bits per heavy atom. The van der Waals surface area contributed by atoms with Crippen LogP contribution in [0.3, 0.4) is 0 Å². The van der Waals surface area contributed by atoms with Gasteiger partial charge in [-0.1, -0.05) is 6.58 Å². The van der Waals surface area contributed by atoms with Gasteiger partial charge in [0.05, 0.1) is 0 Å². The lowest BCUT2D eigenvalue weighted by molar-refractivity contribution is -0.237. The first-order valence-corrected chi connectivity index (χ1v) is 6.90. The molecule has 0 aromatic rings. The second-order valence-electron chi connectivity index (χ2n) is 4.99. The molecule has 3 unspecified atom stereocenters. The van der Waals surface area contributed by atoms with Gasteiger partial charge in [0.15, 0.2) is 6.17 Å². The number of carbonyl (C=O) groups is 2. The largest absolute Gasteiger partial charge is 0.478 e. The Balaban J connectivity index is 0. The van der Waals surface area contributed by atoms with Crippen LogP contribution >= 0.6 is 0 Å². The first-order valence-electron chi connectivity index (χ1n) is 6.90. The number of esters is 1. The van der Waals surface area contributed by atoms with E-state index in [0.717, 1.165) is 6.92 Å². The minimum Gasteiger partial charge on any atom is -0.478 e. The Morgan fingerprint density at radius 1 is 0.966 bits per heavy atom. The van der Waals surface area contributed by atoms with E-state index in [4.69, 9.17) is 5.11 Å². The van der Waals surface area contributed by atoms with Crippen molar-refractivity contribution in [2.45, 2.75) is 50.3 Å². The molecule has 170 valence electrons. The van der Waals surface area contributed by atoms with E-state index in [1.807, 2.05) is 0 Å². The number of carboxylic acids is 1. The zero-order valence-corrected chi connectivity index (χ0v) is 14.1. The van der Waals surface area contributed by atoms with Crippen molar-refractivity contribution in [2.75, 3.05) is 0 Å². The number of alkyl halides is 11. The van der Waals surface area contributed by atoms with Gasteiger partial charge in [0.1, 0.15) is 0 Å². The van der Waals surface area contributed by atoms with Crippen LogP contribution in [0.4, 0.5) is 48.3 Å². The van der Waals surface area contributed by atoms with E-state index in [2.05, 4.69) is 11.3 Å². The number of rotatable bonds is 9. The molecule has 0 amide bonds. The molecule has 0 saturated heterocycles. The molecule has 1 N–H and O–H groups in total. The summed E-state index contributed by atoms with van der Waals surface area (Å²) in [5.74, 6) is -13.2. The molecule has 15 heteroatoms. The van der Waals surface area contributed by atoms with E-state index in [9.17, 15) is 57.9 Å². The summed E-state index contributed by atoms with van der Waals surface area (Å²) < 4.78 is 136. The topological polar surface area (TPSA) is 63.6 Å². The van der Waals surface area contributed by atoms with Gasteiger partial charge in [0.25, 0.3) is 6.43 Å². The third-order valence-electron chi connectivity index (χ3n) is 2.52. The third-order valence-corrected chi connectivity index (χ3v) is 2.52. The number of hydrogen-bond acceptors (Lipinski definition) is 3. The van der Waals surface area contributed by atoms with E-state index in [1.54, 1.807) is 0 Å². The van der Waals surface area contributed by atoms with Gasteiger partial charge in [-0.25, -0.2) is 35.9 Å². The minimum atomic E-state index is -5.11. The second kappa shape index (κ2) is 11.6. The number of carboxylic acid groups (broad SMARTS) is 1. The summed E-state index contributed by atoms with van der Waals surface area (Å²) in [4.78, 5) is 20.3. The molecule has 0 saturated carbocycles. The second-order valence-corrected chi connectivity index (χ2v) is 4.99. The average molecular weight is 454 g/mol. The molecular weight excluding hydrogens is 441 g/mol. The fraction of sp³-hybridized carbons (Fsp3) is 0.571. The summed E-state index contributed by atoms with van der Waals surface area (Å²) in [5, 5.41) is 7.88. The summed E-state index contributed by atoms with van der Waals surface area (Å²) >= 11 is 0. The monoisotopic (exact) mass is 454 g/mol. The first kappa shape index (κ1) is 28.9. The molecular formula is C14H13F11O4. The van der Waals surface area contributed by atoms with Crippen molar-refractivity contribution in [2.24, 2.45) is 0 Å². The Kier molecular flexibility index (Phi) is 11.5. The van der Waals surface area contributed by atoms with Gasteiger partial charge in [-0.05, 0) is 13.0 Å². The zero-order chi connectivity index (χ0) is 23.7. The Hall–Kier alpha value is -2.35. The number of hydrogen-bond donors (Lipinski definition) is 1. The highest BCUT2D eigenvalue weighted by Gasteiger charge is 2.55. The lowest BCUT2D eigenvalue weighted by Crippen LogP contribution is -2.45. The number of carbonyl (C=O) groups excluding carboxylic acids is 1. The summed E-state index contributed by atoms with van der Waals surface area (Å²) in [6, 6.07) is 0. The van der Waals surface area contributed by atoms with E-state index < -0.39 is 60.9 Å². The molecule has 0 fully saturated rings. The lowest BCUT2D eigenvalue weighted by atomic mass is 10.2. The maximum Gasteiger partial charge on any atom is 0.349 e. The summed E-state index contributed by atoms with van der Waals surface area (Å²) in [5.41, 5.74) is -0.425. The molecule has 0 aromatic carbocycles. The number of allylic oxidation sites excluding steroid dienone is 1. The Labute approximate surface area is 155 Å². The maximum atomic E-state index is 12.6. The fourth-order valence-corrected chi connectivity index (χ4v) is 0.982. The molecule has 0 aliphatic rings. The SMILES string of the molecule is C=C(C)C(=O)OC(F)C(F)(F)C(F)C(F)F.O=C(O)C=CC(F)C(F)(F)C(F)F. The van der Waals surface area contributed by atoms with Crippen molar-refractivity contribution in [1.29, 1.82) is 0 Å². The Morgan fingerprint density at radius 2 is 1.41 bits per heavy atom. The van der Waals surface area contributed by atoms with Crippen LogP contribution in [0, 0.1) is 0 Å². The van der Waals surface area contributed by atoms with E-state index in [-0.39, 0.29) is 12.2 Å². The quantitative estimate of drug-likeness (QED) is 0.317. The molecule has 0 rings (SSSR count). The van der Waals surface area contributed by atoms with Gasteiger partial charge in [0, 0.05) is 11.6 Å². The third kappa shape index (κ3) is 9.60. The predicted molar refractivity (Wildman–Crippen MR) is 74.3 cm³/mol. The van der Waals surface area contributed by atoms with Crippen LogP contribution in [-0.2, 0) is 14.3 Å². The van der Waals surface area contributed by atoms with Crippen molar-refractivity contribution >= 4 is 11.9 Å². The molecule has 0 bridgehead atoms. The van der Waals surface area contributed by atoms with E-state index >= 15 is 0 Å². The maximum absolute atomic E-state index is 12.6. The molecule has 0 spiro atoms. The van der Waals surface area contributed by atoms with Gasteiger partial charge in [-0.15, -0.1) is 0 Å². The Bertz CT molecular complexity index is 592. The molecule has 0 aliphatic carbocycles. The van der Waals surface area contributed by atoms with Gasteiger partial charge in [-0.2, -0.15) is 22.0 Å². The fourth-order valence-electron chi connectivity index (χ4n) is 0.982. The summed E-state index contributed by atoms with van der Waals surface area (Å²) in [6.07, 6.45) is -19.5. The molecule has 4 nitrogen and oxygen atoms in total. The number of ether oxygens (including phenoxy) is 1. The molecule has 0 aliphatic heterocycles. The molecule has 0 heterocycles. The normalized spacial score (nSPS) is 15.5. The number of aliphatic carboxylic acids is 1. The van der Waals surface area contributed by atoms with Crippen molar-refractivity contribution in [3.8, 4) is 0 Å². The molecule has 0 aromatic heterocycles. The molecule has 3 atom stereocenters. The highest BCUT2D eigenvalue weighted by Crippen LogP contribution is 2.32. The first-order chi connectivity index (χ1) is 12.9.